The van der Waals surface area contributed by atoms with Crippen molar-refractivity contribution in [1.82, 2.24) is 5.32 Å². The maximum absolute atomic E-state index is 11.7. The van der Waals surface area contributed by atoms with Crippen molar-refractivity contribution in [3.05, 3.63) is 0 Å². The zero-order chi connectivity index (χ0) is 13.5. The van der Waals surface area contributed by atoms with E-state index in [1.54, 1.807) is 0 Å². The van der Waals surface area contributed by atoms with Crippen molar-refractivity contribution in [2.24, 2.45) is 5.41 Å². The fraction of sp³-hybridized carbons (Fsp3) is 0.900. The fourth-order valence-corrected chi connectivity index (χ4v) is 0.921. The van der Waals surface area contributed by atoms with Crippen molar-refractivity contribution in [3.8, 4) is 0 Å². The molecule has 0 unspecified atom stereocenters. The highest BCUT2D eigenvalue weighted by Gasteiger charge is 2.27. The van der Waals surface area contributed by atoms with Gasteiger partial charge in [0.2, 0.25) is 5.91 Å². The van der Waals surface area contributed by atoms with Crippen molar-refractivity contribution in [2.75, 3.05) is 25.6 Å². The van der Waals surface area contributed by atoms with Gasteiger partial charge in [-0.3, -0.25) is 4.79 Å². The second-order valence-corrected chi connectivity index (χ2v) is 4.76. The molecule has 7 heteroatoms. The topological polar surface area (TPSA) is 38.3 Å². The van der Waals surface area contributed by atoms with Crippen LogP contribution in [-0.4, -0.2) is 37.7 Å². The molecule has 0 fully saturated rings. The Balaban J connectivity index is 3.61. The van der Waals surface area contributed by atoms with Gasteiger partial charge in [-0.05, 0) is 5.41 Å². The van der Waals surface area contributed by atoms with Crippen LogP contribution >= 0.6 is 11.6 Å². The van der Waals surface area contributed by atoms with Gasteiger partial charge in [0, 0.05) is 18.8 Å². The van der Waals surface area contributed by atoms with Crippen molar-refractivity contribution < 1.29 is 22.7 Å². The number of carbonyl (C=O) groups excluding carboxylic acids is 1. The first-order valence-electron chi connectivity index (χ1n) is 5.13. The normalized spacial score (nSPS) is 12.6. The lowest BCUT2D eigenvalue weighted by Crippen LogP contribution is -2.35. The molecular formula is C10H17ClF3NO2. The van der Waals surface area contributed by atoms with Crippen molar-refractivity contribution in [2.45, 2.75) is 26.4 Å². The van der Waals surface area contributed by atoms with Crippen LogP contribution in [0.1, 0.15) is 20.3 Å². The molecule has 0 rings (SSSR count). The molecule has 3 nitrogen and oxygen atoms in total. The number of nitrogens with one attached hydrogen (secondary N) is 1. The van der Waals surface area contributed by atoms with Gasteiger partial charge in [0.15, 0.2) is 0 Å². The maximum Gasteiger partial charge on any atom is 0.411 e. The van der Waals surface area contributed by atoms with E-state index >= 15 is 0 Å². The Labute approximate surface area is 104 Å². The van der Waals surface area contributed by atoms with Crippen LogP contribution in [0.5, 0.6) is 0 Å². The van der Waals surface area contributed by atoms with E-state index in [2.05, 4.69) is 10.1 Å². The van der Waals surface area contributed by atoms with Crippen LogP contribution in [0.25, 0.3) is 0 Å². The lowest BCUT2D eigenvalue weighted by molar-refractivity contribution is -0.174. The van der Waals surface area contributed by atoms with E-state index in [-0.39, 0.29) is 24.3 Å². The second-order valence-electron chi connectivity index (χ2n) is 4.49. The third-order valence-corrected chi connectivity index (χ3v) is 2.59. The highest BCUT2D eigenvalue weighted by molar-refractivity contribution is 6.18. The van der Waals surface area contributed by atoms with E-state index in [0.717, 1.165) is 0 Å². The Hall–Kier alpha value is -0.490. The molecule has 0 atom stereocenters. The summed E-state index contributed by atoms with van der Waals surface area (Å²) in [5.41, 5.74) is -0.232. The highest BCUT2D eigenvalue weighted by atomic mass is 35.5. The fourth-order valence-electron chi connectivity index (χ4n) is 0.826. The minimum Gasteiger partial charge on any atom is -0.372 e. The summed E-state index contributed by atoms with van der Waals surface area (Å²) in [6.45, 7) is 2.57. The lowest BCUT2D eigenvalue weighted by atomic mass is 9.96. The minimum atomic E-state index is -4.35. The van der Waals surface area contributed by atoms with Gasteiger partial charge in [-0.1, -0.05) is 13.8 Å². The molecule has 0 aromatic rings. The number of amides is 1. The molecule has 0 saturated carbocycles. The lowest BCUT2D eigenvalue weighted by Gasteiger charge is -2.21. The Morgan fingerprint density at radius 2 is 1.94 bits per heavy atom. The molecule has 0 aromatic carbocycles. The number of hydrogen-bond acceptors (Lipinski definition) is 2. The average Bonchev–Trinajstić information content (AvgIpc) is 2.20. The SMILES string of the molecule is CC(C)(CCl)CNC(=O)CCOCC(F)(F)F. The summed E-state index contributed by atoms with van der Waals surface area (Å²) in [6, 6.07) is 0. The third-order valence-electron chi connectivity index (χ3n) is 1.87. The van der Waals surface area contributed by atoms with Crippen LogP contribution in [0.15, 0.2) is 0 Å². The highest BCUT2D eigenvalue weighted by Crippen LogP contribution is 2.15. The summed E-state index contributed by atoms with van der Waals surface area (Å²) >= 11 is 5.65. The first-order chi connectivity index (χ1) is 7.66. The number of ether oxygens (including phenoxy) is 1. The molecule has 0 spiro atoms. The van der Waals surface area contributed by atoms with Gasteiger partial charge < -0.3 is 10.1 Å². The summed E-state index contributed by atoms with van der Waals surface area (Å²) < 4.78 is 39.4. The van der Waals surface area contributed by atoms with E-state index in [4.69, 9.17) is 11.6 Å². The molecule has 0 saturated heterocycles. The van der Waals surface area contributed by atoms with Gasteiger partial charge in [-0.15, -0.1) is 11.6 Å². The van der Waals surface area contributed by atoms with Crippen LogP contribution < -0.4 is 5.32 Å². The van der Waals surface area contributed by atoms with E-state index in [0.29, 0.717) is 12.4 Å². The number of halogens is 4. The number of carbonyl (C=O) groups is 1. The molecule has 0 bridgehead atoms. The molecule has 0 aliphatic rings. The van der Waals surface area contributed by atoms with Crippen molar-refractivity contribution in [3.63, 3.8) is 0 Å². The Bertz CT molecular complexity index is 244. The molecule has 0 aromatic heterocycles. The van der Waals surface area contributed by atoms with E-state index < -0.39 is 12.8 Å². The predicted molar refractivity (Wildman–Crippen MR) is 59.0 cm³/mol. The monoisotopic (exact) mass is 275 g/mol. The van der Waals surface area contributed by atoms with Crippen LogP contribution in [-0.2, 0) is 9.53 Å². The molecule has 0 aliphatic carbocycles. The molecule has 0 aliphatic heterocycles. The molecular weight excluding hydrogens is 259 g/mol. The number of alkyl halides is 4. The molecule has 102 valence electrons. The summed E-state index contributed by atoms with van der Waals surface area (Å²) in [6.07, 6.45) is -4.44. The van der Waals surface area contributed by atoms with Crippen molar-refractivity contribution >= 4 is 17.5 Å². The molecule has 0 radical (unpaired) electrons. The standard InChI is InChI=1S/C10H17ClF3NO2/c1-9(2,5-11)6-15-8(16)3-4-17-7-10(12,13)14/h3-7H2,1-2H3,(H,15,16). The molecule has 1 amide bonds. The summed E-state index contributed by atoms with van der Waals surface area (Å²) in [5, 5.41) is 2.59. The summed E-state index contributed by atoms with van der Waals surface area (Å²) in [5.74, 6) is 0.0445. The first-order valence-corrected chi connectivity index (χ1v) is 5.67. The molecule has 1 N–H and O–H groups in total. The number of hydrogen-bond donors (Lipinski definition) is 1. The predicted octanol–water partition coefficient (Wildman–Crippen LogP) is 2.34. The smallest absolute Gasteiger partial charge is 0.372 e. The average molecular weight is 276 g/mol. The van der Waals surface area contributed by atoms with Crippen LogP contribution in [0.2, 0.25) is 0 Å². The largest absolute Gasteiger partial charge is 0.411 e. The minimum absolute atomic E-state index is 0.0888. The summed E-state index contributed by atoms with van der Waals surface area (Å²) in [4.78, 5) is 11.2. The zero-order valence-corrected chi connectivity index (χ0v) is 10.6. The Morgan fingerprint density at radius 3 is 2.41 bits per heavy atom. The molecule has 17 heavy (non-hydrogen) atoms. The summed E-state index contributed by atoms with van der Waals surface area (Å²) in [7, 11) is 0. The zero-order valence-electron chi connectivity index (χ0n) is 9.86. The quantitative estimate of drug-likeness (QED) is 0.572. The van der Waals surface area contributed by atoms with E-state index in [1.165, 1.54) is 0 Å². The van der Waals surface area contributed by atoms with Gasteiger partial charge in [-0.2, -0.15) is 13.2 Å². The second kappa shape index (κ2) is 7.06. The van der Waals surface area contributed by atoms with Gasteiger partial charge in [0.1, 0.15) is 6.61 Å². The van der Waals surface area contributed by atoms with Gasteiger partial charge in [0.05, 0.1) is 6.61 Å². The maximum atomic E-state index is 11.7. The van der Waals surface area contributed by atoms with Crippen molar-refractivity contribution in [1.29, 1.82) is 0 Å². The Morgan fingerprint density at radius 1 is 1.35 bits per heavy atom. The van der Waals surface area contributed by atoms with E-state index in [9.17, 15) is 18.0 Å². The third kappa shape index (κ3) is 10.4. The Kier molecular flexibility index (Phi) is 6.85. The number of rotatable bonds is 7. The van der Waals surface area contributed by atoms with Crippen LogP contribution in [0.3, 0.4) is 0 Å². The molecule has 0 heterocycles. The van der Waals surface area contributed by atoms with E-state index in [1.807, 2.05) is 13.8 Å². The van der Waals surface area contributed by atoms with Gasteiger partial charge in [0.25, 0.3) is 0 Å². The first kappa shape index (κ1) is 16.5. The van der Waals surface area contributed by atoms with Crippen LogP contribution in [0, 0.1) is 5.41 Å². The van der Waals surface area contributed by atoms with Gasteiger partial charge in [-0.25, -0.2) is 0 Å². The van der Waals surface area contributed by atoms with Gasteiger partial charge >= 0.3 is 6.18 Å². The van der Waals surface area contributed by atoms with Crippen LogP contribution in [0.4, 0.5) is 13.2 Å².